The molecular formula is C11H20O. The van der Waals surface area contributed by atoms with Gasteiger partial charge in [0.1, 0.15) is 0 Å². The molecule has 1 aliphatic carbocycles. The maximum atomic E-state index is 9.69. The van der Waals surface area contributed by atoms with Crippen LogP contribution in [-0.2, 0) is 0 Å². The van der Waals surface area contributed by atoms with Gasteiger partial charge in [0.2, 0.25) is 0 Å². The van der Waals surface area contributed by atoms with E-state index in [2.05, 4.69) is 27.4 Å². The highest BCUT2D eigenvalue weighted by molar-refractivity contribution is 4.98. The number of rotatable bonds is 2. The molecule has 0 heterocycles. The van der Waals surface area contributed by atoms with Gasteiger partial charge in [0, 0.05) is 0 Å². The monoisotopic (exact) mass is 168 g/mol. The first-order valence-electron chi connectivity index (χ1n) is 4.80. The van der Waals surface area contributed by atoms with Gasteiger partial charge in [-0.05, 0) is 30.1 Å². The van der Waals surface area contributed by atoms with Gasteiger partial charge in [0.15, 0.2) is 0 Å². The minimum atomic E-state index is -0.315. The second kappa shape index (κ2) is 3.21. The van der Waals surface area contributed by atoms with E-state index in [-0.39, 0.29) is 11.5 Å². The van der Waals surface area contributed by atoms with Crippen molar-refractivity contribution in [2.24, 2.45) is 17.3 Å². The quantitative estimate of drug-likeness (QED) is 0.628. The molecule has 1 aliphatic rings. The van der Waals surface area contributed by atoms with Gasteiger partial charge >= 0.3 is 0 Å². The predicted octanol–water partition coefficient (Wildman–Crippen LogP) is 2.61. The minimum Gasteiger partial charge on any atom is -0.389 e. The average molecular weight is 168 g/mol. The Morgan fingerprint density at radius 2 is 2.08 bits per heavy atom. The van der Waals surface area contributed by atoms with Crippen molar-refractivity contribution >= 4 is 0 Å². The molecule has 0 aromatic heterocycles. The largest absolute Gasteiger partial charge is 0.389 e. The summed E-state index contributed by atoms with van der Waals surface area (Å²) in [5.41, 5.74) is 0.271. The van der Waals surface area contributed by atoms with Crippen molar-refractivity contribution in [1.29, 1.82) is 0 Å². The van der Waals surface area contributed by atoms with Crippen molar-refractivity contribution in [2.75, 3.05) is 0 Å². The second-order valence-electron chi connectivity index (χ2n) is 4.63. The molecule has 0 bridgehead atoms. The fourth-order valence-corrected chi connectivity index (χ4v) is 2.31. The van der Waals surface area contributed by atoms with Gasteiger partial charge in [-0.25, -0.2) is 0 Å². The summed E-state index contributed by atoms with van der Waals surface area (Å²) < 4.78 is 0. The molecule has 0 spiro atoms. The normalized spacial score (nSPS) is 36.3. The van der Waals surface area contributed by atoms with Gasteiger partial charge in [-0.15, -0.1) is 6.58 Å². The Kier molecular flexibility index (Phi) is 2.62. The van der Waals surface area contributed by atoms with Crippen LogP contribution in [0, 0.1) is 17.3 Å². The number of aliphatic hydroxyl groups is 1. The Morgan fingerprint density at radius 1 is 1.50 bits per heavy atom. The van der Waals surface area contributed by atoms with Crippen LogP contribution in [0.1, 0.15) is 33.6 Å². The van der Waals surface area contributed by atoms with Gasteiger partial charge in [-0.1, -0.05) is 26.8 Å². The molecule has 0 aromatic carbocycles. The van der Waals surface area contributed by atoms with Crippen LogP contribution in [0.15, 0.2) is 12.7 Å². The molecule has 0 saturated heterocycles. The molecule has 2 unspecified atom stereocenters. The maximum absolute atomic E-state index is 9.69. The lowest BCUT2D eigenvalue weighted by molar-refractivity contribution is 0.0720. The zero-order valence-corrected chi connectivity index (χ0v) is 8.38. The molecule has 3 atom stereocenters. The standard InChI is InChI=1S/C11H20O/c1-5-10(12)9-7-6-8(2)11(9,3)4/h5,8-10,12H,1,6-7H2,2-4H3/t8?,9-,10?/m1/s1. The summed E-state index contributed by atoms with van der Waals surface area (Å²) in [6, 6.07) is 0. The molecule has 1 N–H and O–H groups in total. The summed E-state index contributed by atoms with van der Waals surface area (Å²) in [4.78, 5) is 0. The van der Waals surface area contributed by atoms with Gasteiger partial charge < -0.3 is 5.11 Å². The van der Waals surface area contributed by atoms with E-state index in [9.17, 15) is 5.11 Å². The summed E-state index contributed by atoms with van der Waals surface area (Å²) in [5, 5.41) is 9.69. The third-order valence-corrected chi connectivity index (χ3v) is 3.79. The first-order chi connectivity index (χ1) is 5.50. The SMILES string of the molecule is C=CC(O)[C@H]1CCC(C)C1(C)C. The van der Waals surface area contributed by atoms with Crippen LogP contribution in [0.25, 0.3) is 0 Å². The smallest absolute Gasteiger partial charge is 0.0751 e. The Balaban J connectivity index is 2.74. The molecule has 1 rings (SSSR count). The molecule has 0 aromatic rings. The average Bonchev–Trinajstić information content (AvgIpc) is 2.27. The van der Waals surface area contributed by atoms with Crippen molar-refractivity contribution in [3.8, 4) is 0 Å². The van der Waals surface area contributed by atoms with Crippen LogP contribution in [0.3, 0.4) is 0 Å². The van der Waals surface area contributed by atoms with E-state index in [1.807, 2.05) is 0 Å². The first-order valence-corrected chi connectivity index (χ1v) is 4.80. The Hall–Kier alpha value is -0.300. The fourth-order valence-electron chi connectivity index (χ4n) is 2.31. The van der Waals surface area contributed by atoms with E-state index in [4.69, 9.17) is 0 Å². The van der Waals surface area contributed by atoms with Crippen molar-refractivity contribution < 1.29 is 5.11 Å². The lowest BCUT2D eigenvalue weighted by Gasteiger charge is -2.33. The number of hydrogen-bond donors (Lipinski definition) is 1. The second-order valence-corrected chi connectivity index (χ2v) is 4.63. The third kappa shape index (κ3) is 1.42. The molecule has 0 aliphatic heterocycles. The van der Waals surface area contributed by atoms with Crippen molar-refractivity contribution in [3.05, 3.63) is 12.7 Å². The van der Waals surface area contributed by atoms with Crippen LogP contribution in [-0.4, -0.2) is 11.2 Å². The van der Waals surface area contributed by atoms with Crippen LogP contribution in [0.5, 0.6) is 0 Å². The van der Waals surface area contributed by atoms with E-state index in [1.165, 1.54) is 6.42 Å². The summed E-state index contributed by atoms with van der Waals surface area (Å²) in [5.74, 6) is 1.13. The molecule has 12 heavy (non-hydrogen) atoms. The van der Waals surface area contributed by atoms with E-state index in [0.717, 1.165) is 12.3 Å². The minimum absolute atomic E-state index is 0.271. The van der Waals surface area contributed by atoms with Crippen LogP contribution in [0.4, 0.5) is 0 Å². The summed E-state index contributed by atoms with van der Waals surface area (Å²) in [6.07, 6.45) is 3.74. The lowest BCUT2D eigenvalue weighted by atomic mass is 9.74. The number of hydrogen-bond acceptors (Lipinski definition) is 1. The summed E-state index contributed by atoms with van der Waals surface area (Å²) in [6.45, 7) is 10.4. The third-order valence-electron chi connectivity index (χ3n) is 3.79. The van der Waals surface area contributed by atoms with Crippen molar-refractivity contribution in [3.63, 3.8) is 0 Å². The topological polar surface area (TPSA) is 20.2 Å². The lowest BCUT2D eigenvalue weighted by Crippen LogP contribution is -2.31. The Morgan fingerprint density at radius 3 is 2.42 bits per heavy atom. The molecular weight excluding hydrogens is 148 g/mol. The molecule has 1 fully saturated rings. The molecule has 1 nitrogen and oxygen atoms in total. The van der Waals surface area contributed by atoms with Crippen LogP contribution in [0.2, 0.25) is 0 Å². The van der Waals surface area contributed by atoms with Gasteiger partial charge in [0.05, 0.1) is 6.10 Å². The summed E-state index contributed by atoms with van der Waals surface area (Å²) >= 11 is 0. The Bertz CT molecular complexity index is 172. The summed E-state index contributed by atoms with van der Waals surface area (Å²) in [7, 11) is 0. The van der Waals surface area contributed by atoms with Gasteiger partial charge in [-0.3, -0.25) is 0 Å². The molecule has 0 amide bonds. The maximum Gasteiger partial charge on any atom is 0.0751 e. The highest BCUT2D eigenvalue weighted by Gasteiger charge is 2.42. The van der Waals surface area contributed by atoms with Gasteiger partial charge in [-0.2, -0.15) is 0 Å². The van der Waals surface area contributed by atoms with E-state index in [0.29, 0.717) is 5.92 Å². The Labute approximate surface area is 75.5 Å². The molecule has 1 heteroatoms. The van der Waals surface area contributed by atoms with Crippen LogP contribution < -0.4 is 0 Å². The molecule has 0 radical (unpaired) electrons. The van der Waals surface area contributed by atoms with Crippen molar-refractivity contribution in [2.45, 2.75) is 39.7 Å². The highest BCUT2D eigenvalue weighted by atomic mass is 16.3. The van der Waals surface area contributed by atoms with E-state index >= 15 is 0 Å². The fraction of sp³-hybridized carbons (Fsp3) is 0.818. The first kappa shape index (κ1) is 9.79. The van der Waals surface area contributed by atoms with E-state index < -0.39 is 0 Å². The number of aliphatic hydroxyl groups excluding tert-OH is 1. The molecule has 1 saturated carbocycles. The molecule has 70 valence electrons. The van der Waals surface area contributed by atoms with Gasteiger partial charge in [0.25, 0.3) is 0 Å². The van der Waals surface area contributed by atoms with E-state index in [1.54, 1.807) is 6.08 Å². The van der Waals surface area contributed by atoms with Crippen molar-refractivity contribution in [1.82, 2.24) is 0 Å². The zero-order valence-electron chi connectivity index (χ0n) is 8.38. The predicted molar refractivity (Wildman–Crippen MR) is 51.9 cm³/mol. The highest BCUT2D eigenvalue weighted by Crippen LogP contribution is 2.48. The zero-order chi connectivity index (χ0) is 9.35. The van der Waals surface area contributed by atoms with Crippen LogP contribution >= 0.6 is 0 Å².